The van der Waals surface area contributed by atoms with E-state index in [2.05, 4.69) is 4.98 Å². The molecule has 0 bridgehead atoms. The molecule has 2 aromatic carbocycles. The second kappa shape index (κ2) is 6.41. The second-order valence-corrected chi connectivity index (χ2v) is 8.78. The molecule has 0 saturated heterocycles. The van der Waals surface area contributed by atoms with Crippen molar-refractivity contribution in [3.63, 3.8) is 0 Å². The lowest BCUT2D eigenvalue weighted by Gasteiger charge is -2.11. The highest BCUT2D eigenvalue weighted by Crippen LogP contribution is 2.37. The molecule has 0 spiro atoms. The molecule has 0 aliphatic rings. The van der Waals surface area contributed by atoms with Gasteiger partial charge >= 0.3 is 0 Å². The van der Waals surface area contributed by atoms with Gasteiger partial charge in [-0.25, -0.2) is 8.42 Å². The Kier molecular flexibility index (Phi) is 4.62. The Balaban J connectivity index is 2.23. The lowest BCUT2D eigenvalue weighted by atomic mass is 10.00. The van der Waals surface area contributed by atoms with Crippen LogP contribution in [0.3, 0.4) is 0 Å². The summed E-state index contributed by atoms with van der Waals surface area (Å²) in [5.41, 5.74) is 2.75. The highest BCUT2D eigenvalue weighted by molar-refractivity contribution is 7.90. The summed E-state index contributed by atoms with van der Waals surface area (Å²) in [6.45, 7) is 0. The zero-order chi connectivity index (χ0) is 17.5. The summed E-state index contributed by atoms with van der Waals surface area (Å²) in [7, 11) is -3.34. The molecular formula is C17H15Cl2NO3S. The molecule has 24 heavy (non-hydrogen) atoms. The number of benzene rings is 2. The summed E-state index contributed by atoms with van der Waals surface area (Å²) in [6.07, 6.45) is -0.0746. The van der Waals surface area contributed by atoms with Gasteiger partial charge in [0.1, 0.15) is 15.9 Å². The normalized spacial score (nSPS) is 13.3. The van der Waals surface area contributed by atoms with Crippen molar-refractivity contribution in [2.24, 2.45) is 0 Å². The summed E-state index contributed by atoms with van der Waals surface area (Å²) >= 11 is 12.0. The van der Waals surface area contributed by atoms with Crippen LogP contribution in [0.5, 0.6) is 0 Å². The second-order valence-electron chi connectivity index (χ2n) is 5.72. The Labute approximate surface area is 150 Å². The highest BCUT2D eigenvalue weighted by Gasteiger charge is 2.22. The Morgan fingerprint density at radius 1 is 1.08 bits per heavy atom. The molecule has 3 aromatic rings. The van der Waals surface area contributed by atoms with Gasteiger partial charge in [0.25, 0.3) is 0 Å². The van der Waals surface area contributed by atoms with Crippen LogP contribution in [0.2, 0.25) is 10.0 Å². The number of rotatable bonds is 4. The number of aliphatic hydroxyl groups is 1. The standard InChI is InChI=1S/C17H15Cl2NO3S/c1-24(22,23)9-15(21)17-16(10-2-4-11(18)5-3-10)13-7-6-12(19)8-14(13)20-17/h2-8,15,20-21H,9H2,1H3. The topological polar surface area (TPSA) is 70.2 Å². The van der Waals surface area contributed by atoms with Gasteiger partial charge in [-0.05, 0) is 29.8 Å². The maximum absolute atomic E-state index is 11.6. The van der Waals surface area contributed by atoms with E-state index in [1.807, 2.05) is 18.2 Å². The van der Waals surface area contributed by atoms with Crippen LogP contribution in [-0.4, -0.2) is 30.5 Å². The van der Waals surface area contributed by atoms with Gasteiger partial charge in [-0.1, -0.05) is 41.4 Å². The number of halogens is 2. The molecule has 1 atom stereocenters. The lowest BCUT2D eigenvalue weighted by molar-refractivity contribution is 0.198. The molecule has 4 nitrogen and oxygen atoms in total. The molecule has 7 heteroatoms. The fraction of sp³-hybridized carbons (Fsp3) is 0.176. The molecule has 0 fully saturated rings. The van der Waals surface area contributed by atoms with Gasteiger partial charge in [0.05, 0.1) is 11.4 Å². The summed E-state index contributed by atoms with van der Waals surface area (Å²) in [5, 5.41) is 12.5. The molecule has 1 unspecified atom stereocenters. The minimum Gasteiger partial charge on any atom is -0.386 e. The van der Waals surface area contributed by atoms with Crippen LogP contribution in [-0.2, 0) is 9.84 Å². The molecule has 3 rings (SSSR count). The number of aromatic nitrogens is 1. The maximum atomic E-state index is 11.6. The first-order valence-corrected chi connectivity index (χ1v) is 9.99. The summed E-state index contributed by atoms with van der Waals surface area (Å²) < 4.78 is 23.1. The SMILES string of the molecule is CS(=O)(=O)CC(O)c1[nH]c2cc(Cl)ccc2c1-c1ccc(Cl)cc1. The van der Waals surface area contributed by atoms with Gasteiger partial charge in [-0.2, -0.15) is 0 Å². The Hall–Kier alpha value is -1.53. The third kappa shape index (κ3) is 3.59. The Morgan fingerprint density at radius 2 is 1.71 bits per heavy atom. The molecular weight excluding hydrogens is 369 g/mol. The summed E-state index contributed by atoms with van der Waals surface area (Å²) in [4.78, 5) is 3.11. The minimum absolute atomic E-state index is 0.367. The number of fused-ring (bicyclic) bond motifs is 1. The van der Waals surface area contributed by atoms with Gasteiger partial charge in [0, 0.05) is 32.8 Å². The van der Waals surface area contributed by atoms with Gasteiger partial charge in [0.2, 0.25) is 0 Å². The van der Waals surface area contributed by atoms with E-state index in [9.17, 15) is 13.5 Å². The molecule has 0 amide bonds. The fourth-order valence-electron chi connectivity index (χ4n) is 2.74. The van der Waals surface area contributed by atoms with Crippen molar-refractivity contribution in [1.82, 2.24) is 4.98 Å². The van der Waals surface area contributed by atoms with Crippen LogP contribution in [0.25, 0.3) is 22.0 Å². The zero-order valence-corrected chi connectivity index (χ0v) is 15.1. The lowest BCUT2D eigenvalue weighted by Crippen LogP contribution is -2.13. The highest BCUT2D eigenvalue weighted by atomic mass is 35.5. The third-order valence-corrected chi connectivity index (χ3v) is 5.12. The average Bonchev–Trinajstić information content (AvgIpc) is 2.85. The van der Waals surface area contributed by atoms with Crippen molar-refractivity contribution in [3.05, 3.63) is 58.2 Å². The van der Waals surface area contributed by atoms with E-state index in [0.29, 0.717) is 15.7 Å². The quantitative estimate of drug-likeness (QED) is 0.708. The predicted molar refractivity (Wildman–Crippen MR) is 98.4 cm³/mol. The van der Waals surface area contributed by atoms with Crippen molar-refractivity contribution < 1.29 is 13.5 Å². The van der Waals surface area contributed by atoms with E-state index in [1.54, 1.807) is 24.3 Å². The van der Waals surface area contributed by atoms with Crippen molar-refractivity contribution in [3.8, 4) is 11.1 Å². The summed E-state index contributed by atoms with van der Waals surface area (Å²) in [5.74, 6) is -0.367. The van der Waals surface area contributed by atoms with E-state index in [0.717, 1.165) is 28.3 Å². The van der Waals surface area contributed by atoms with Crippen LogP contribution < -0.4 is 0 Å². The van der Waals surface area contributed by atoms with Gasteiger partial charge in [-0.15, -0.1) is 0 Å². The monoisotopic (exact) mass is 383 g/mol. The van der Waals surface area contributed by atoms with Crippen molar-refractivity contribution in [2.75, 3.05) is 12.0 Å². The number of hydrogen-bond acceptors (Lipinski definition) is 3. The first kappa shape index (κ1) is 17.3. The number of sulfone groups is 1. The molecule has 0 aliphatic heterocycles. The van der Waals surface area contributed by atoms with Gasteiger partial charge in [-0.3, -0.25) is 0 Å². The van der Waals surface area contributed by atoms with Gasteiger partial charge in [0.15, 0.2) is 0 Å². The van der Waals surface area contributed by atoms with E-state index < -0.39 is 15.9 Å². The van der Waals surface area contributed by atoms with Crippen molar-refractivity contribution in [2.45, 2.75) is 6.10 Å². The van der Waals surface area contributed by atoms with Crippen LogP contribution in [0.15, 0.2) is 42.5 Å². The Morgan fingerprint density at radius 3 is 2.33 bits per heavy atom. The molecule has 126 valence electrons. The number of aliphatic hydroxyl groups excluding tert-OH is 1. The van der Waals surface area contributed by atoms with Crippen LogP contribution >= 0.6 is 23.2 Å². The van der Waals surface area contributed by atoms with E-state index >= 15 is 0 Å². The van der Waals surface area contributed by atoms with Crippen LogP contribution in [0, 0.1) is 0 Å². The summed E-state index contributed by atoms with van der Waals surface area (Å²) in [6, 6.07) is 12.5. The molecule has 0 saturated carbocycles. The first-order valence-electron chi connectivity index (χ1n) is 7.17. The molecule has 1 aromatic heterocycles. The zero-order valence-electron chi connectivity index (χ0n) is 12.8. The Bertz CT molecular complexity index is 995. The van der Waals surface area contributed by atoms with Crippen LogP contribution in [0.1, 0.15) is 11.8 Å². The van der Waals surface area contributed by atoms with E-state index in [1.165, 1.54) is 0 Å². The van der Waals surface area contributed by atoms with Crippen molar-refractivity contribution in [1.29, 1.82) is 0 Å². The number of H-pyrrole nitrogens is 1. The fourth-order valence-corrected chi connectivity index (χ4v) is 3.78. The average molecular weight is 384 g/mol. The smallest absolute Gasteiger partial charge is 0.150 e. The molecule has 0 aliphatic carbocycles. The minimum atomic E-state index is -3.34. The number of aromatic amines is 1. The molecule has 1 heterocycles. The van der Waals surface area contributed by atoms with E-state index in [-0.39, 0.29) is 5.75 Å². The maximum Gasteiger partial charge on any atom is 0.150 e. The van der Waals surface area contributed by atoms with Crippen LogP contribution in [0.4, 0.5) is 0 Å². The number of nitrogens with one attached hydrogen (secondary N) is 1. The molecule has 0 radical (unpaired) electrons. The largest absolute Gasteiger partial charge is 0.386 e. The van der Waals surface area contributed by atoms with Crippen molar-refractivity contribution >= 4 is 43.9 Å². The number of hydrogen-bond donors (Lipinski definition) is 2. The molecule has 2 N–H and O–H groups in total. The third-order valence-electron chi connectivity index (χ3n) is 3.72. The predicted octanol–water partition coefficient (Wildman–Crippen LogP) is 4.22. The van der Waals surface area contributed by atoms with E-state index in [4.69, 9.17) is 23.2 Å². The van der Waals surface area contributed by atoms with Gasteiger partial charge < -0.3 is 10.1 Å². The first-order chi connectivity index (χ1) is 11.2.